The van der Waals surface area contributed by atoms with Gasteiger partial charge in [0.2, 0.25) is 0 Å². The highest BCUT2D eigenvalue weighted by atomic mass is 32.1. The van der Waals surface area contributed by atoms with Crippen LogP contribution in [0.25, 0.3) is 10.4 Å². The lowest BCUT2D eigenvalue weighted by Crippen LogP contribution is -2.23. The van der Waals surface area contributed by atoms with Gasteiger partial charge in [-0.25, -0.2) is 13.2 Å². The van der Waals surface area contributed by atoms with Crippen LogP contribution in [0.1, 0.15) is 61.4 Å². The van der Waals surface area contributed by atoms with Gasteiger partial charge in [0.05, 0.1) is 33.6 Å². The summed E-state index contributed by atoms with van der Waals surface area (Å²) in [7, 11) is 0. The molecule has 0 saturated carbocycles. The number of carbonyl (C=O) groups excluding carboxylic acids is 2. The summed E-state index contributed by atoms with van der Waals surface area (Å²) >= 11 is 1.20. The molecule has 204 valence electrons. The van der Waals surface area contributed by atoms with E-state index in [4.69, 9.17) is 10.7 Å². The monoisotopic (exact) mass is 562 g/mol. The molecule has 40 heavy (non-hydrogen) atoms. The second-order valence-electron chi connectivity index (χ2n) is 9.99. The third kappa shape index (κ3) is 4.72. The highest BCUT2D eigenvalue weighted by Gasteiger charge is 2.44. The Morgan fingerprint density at radius 1 is 1.00 bits per heavy atom. The van der Waals surface area contributed by atoms with Crippen LogP contribution >= 0.6 is 11.3 Å². The number of carbonyl (C=O) groups is 2. The Kier molecular flexibility index (Phi) is 6.79. The van der Waals surface area contributed by atoms with Crippen LogP contribution in [0.15, 0.2) is 54.6 Å². The number of fused-ring (bicyclic) bond motifs is 3. The van der Waals surface area contributed by atoms with E-state index in [1.165, 1.54) is 29.5 Å². The molecular formula is C30H25F3N4O2S. The van der Waals surface area contributed by atoms with Gasteiger partial charge in [0, 0.05) is 23.5 Å². The number of rotatable bonds is 7. The molecular weight excluding hydrogens is 537 g/mol. The van der Waals surface area contributed by atoms with Crippen molar-refractivity contribution in [2.24, 2.45) is 0 Å². The number of hydrogen-bond acceptors (Lipinski definition) is 5. The van der Waals surface area contributed by atoms with Crippen molar-refractivity contribution in [3.8, 4) is 10.4 Å². The molecule has 1 saturated heterocycles. The van der Waals surface area contributed by atoms with Crippen molar-refractivity contribution < 1.29 is 22.8 Å². The predicted octanol–water partition coefficient (Wildman–Crippen LogP) is 5.82. The number of nitrogens with zero attached hydrogens (tertiary/aromatic N) is 2. The lowest BCUT2D eigenvalue weighted by atomic mass is 9.97. The summed E-state index contributed by atoms with van der Waals surface area (Å²) in [5.74, 6) is -2.72. The number of thiophene rings is 1. The summed E-state index contributed by atoms with van der Waals surface area (Å²) in [6, 6.07) is 13.1. The molecule has 6 rings (SSSR count). The molecule has 0 radical (unpaired) electrons. The van der Waals surface area contributed by atoms with Crippen LogP contribution in [0.2, 0.25) is 0 Å². The van der Waals surface area contributed by atoms with Gasteiger partial charge in [-0.1, -0.05) is 18.2 Å². The second kappa shape index (κ2) is 10.4. The number of nitrogens with two attached hydrogens (primary N) is 1. The number of aromatic nitrogens is 1. The molecule has 2 aliphatic rings. The van der Waals surface area contributed by atoms with Gasteiger partial charge in [-0.3, -0.25) is 14.6 Å². The SMILES string of the molecule is Nc1c(CCc2ccc(F)cc2)nc2c(c1-c1ccc(C(=O)NCc3ccc(F)c(F)c3)s1)C(=O)N1CCC[C@@H]21. The summed E-state index contributed by atoms with van der Waals surface area (Å²) in [6.45, 7) is 0.685. The average molecular weight is 563 g/mol. The maximum atomic E-state index is 13.5. The Morgan fingerprint density at radius 2 is 1.77 bits per heavy atom. The number of hydrogen-bond donors (Lipinski definition) is 2. The Labute approximate surface area is 232 Å². The van der Waals surface area contributed by atoms with Gasteiger partial charge in [0.15, 0.2) is 11.6 Å². The van der Waals surface area contributed by atoms with Gasteiger partial charge < -0.3 is 16.0 Å². The van der Waals surface area contributed by atoms with E-state index in [9.17, 15) is 22.8 Å². The molecule has 0 unspecified atom stereocenters. The van der Waals surface area contributed by atoms with Crippen LogP contribution in [-0.2, 0) is 19.4 Å². The first-order valence-corrected chi connectivity index (χ1v) is 13.8. The van der Waals surface area contributed by atoms with E-state index in [-0.39, 0.29) is 30.2 Å². The largest absolute Gasteiger partial charge is 0.397 e. The Hall–Kier alpha value is -4.18. The Balaban J connectivity index is 1.31. The van der Waals surface area contributed by atoms with E-state index >= 15 is 0 Å². The van der Waals surface area contributed by atoms with Gasteiger partial charge in [-0.05, 0) is 73.2 Å². The molecule has 2 aromatic heterocycles. The molecule has 3 N–H and O–H groups in total. The van der Waals surface area contributed by atoms with Crippen LogP contribution in [0.3, 0.4) is 0 Å². The predicted molar refractivity (Wildman–Crippen MR) is 146 cm³/mol. The molecule has 6 nitrogen and oxygen atoms in total. The summed E-state index contributed by atoms with van der Waals surface area (Å²) < 4.78 is 40.1. The van der Waals surface area contributed by atoms with Gasteiger partial charge in [0.1, 0.15) is 5.82 Å². The summed E-state index contributed by atoms with van der Waals surface area (Å²) in [5.41, 5.74) is 10.9. The van der Waals surface area contributed by atoms with Crippen LogP contribution in [0.4, 0.5) is 18.9 Å². The zero-order valence-electron chi connectivity index (χ0n) is 21.3. The fourth-order valence-electron chi connectivity index (χ4n) is 5.44. The molecule has 4 aromatic rings. The molecule has 2 aliphatic heterocycles. The third-order valence-corrected chi connectivity index (χ3v) is 8.56. The standard InChI is InChI=1S/C30H25F3N4O2S/c31-18-7-3-16(4-8-18)6-10-21-27(34)25(26-28(36-21)22-2-1-13-37(22)30(26)39)23-11-12-24(40-23)29(38)35-15-17-5-9-19(32)20(33)14-17/h3-5,7-9,11-12,14,22H,1-2,6,10,13,15,34H2,(H,35,38)/t22-/m0/s1. The topological polar surface area (TPSA) is 88.3 Å². The lowest BCUT2D eigenvalue weighted by molar-refractivity contribution is 0.0776. The summed E-state index contributed by atoms with van der Waals surface area (Å²) in [4.78, 5) is 34.1. The van der Waals surface area contributed by atoms with Gasteiger partial charge in [-0.15, -0.1) is 11.3 Å². The number of aryl methyl sites for hydroxylation is 2. The van der Waals surface area contributed by atoms with Crippen LogP contribution in [0, 0.1) is 17.5 Å². The number of nitrogens with one attached hydrogen (secondary N) is 1. The number of nitrogen functional groups attached to an aromatic ring is 1. The zero-order chi connectivity index (χ0) is 28.0. The van der Waals surface area contributed by atoms with Crippen molar-refractivity contribution in [3.05, 3.63) is 105 Å². The first-order chi connectivity index (χ1) is 19.3. The fraction of sp³-hybridized carbons (Fsp3) is 0.233. The fourth-order valence-corrected chi connectivity index (χ4v) is 6.43. The molecule has 0 spiro atoms. The number of amides is 2. The number of anilines is 1. The van der Waals surface area contributed by atoms with Crippen molar-refractivity contribution in [1.82, 2.24) is 15.2 Å². The quantitative estimate of drug-likeness (QED) is 0.297. The highest BCUT2D eigenvalue weighted by Crippen LogP contribution is 2.47. The van der Waals surface area contributed by atoms with Gasteiger partial charge >= 0.3 is 0 Å². The van der Waals surface area contributed by atoms with Crippen molar-refractivity contribution in [2.75, 3.05) is 12.3 Å². The third-order valence-electron chi connectivity index (χ3n) is 7.46. The molecule has 10 heteroatoms. The Bertz CT molecular complexity index is 1640. The lowest BCUT2D eigenvalue weighted by Gasteiger charge is -2.15. The minimum atomic E-state index is -0.979. The van der Waals surface area contributed by atoms with E-state index in [2.05, 4.69) is 5.32 Å². The molecule has 4 heterocycles. The number of pyridine rings is 1. The van der Waals surface area contributed by atoms with E-state index in [0.717, 1.165) is 36.2 Å². The van der Waals surface area contributed by atoms with Gasteiger partial charge in [0.25, 0.3) is 11.8 Å². The van der Waals surface area contributed by atoms with Crippen LogP contribution in [0.5, 0.6) is 0 Å². The molecule has 2 amide bonds. The van der Waals surface area contributed by atoms with E-state index in [1.807, 2.05) is 4.90 Å². The maximum absolute atomic E-state index is 13.5. The van der Waals surface area contributed by atoms with Gasteiger partial charge in [-0.2, -0.15) is 0 Å². The smallest absolute Gasteiger partial charge is 0.261 e. The minimum absolute atomic E-state index is 0.0265. The van der Waals surface area contributed by atoms with Crippen LogP contribution in [-0.4, -0.2) is 28.2 Å². The molecule has 2 aromatic carbocycles. The Morgan fingerprint density at radius 3 is 2.55 bits per heavy atom. The molecule has 0 aliphatic carbocycles. The molecule has 1 atom stereocenters. The van der Waals surface area contributed by atoms with Crippen molar-refractivity contribution in [1.29, 1.82) is 0 Å². The first kappa shape index (κ1) is 26.1. The maximum Gasteiger partial charge on any atom is 0.261 e. The van der Waals surface area contributed by atoms with E-state index in [1.54, 1.807) is 24.3 Å². The summed E-state index contributed by atoms with van der Waals surface area (Å²) in [5, 5.41) is 2.73. The molecule has 1 fully saturated rings. The normalized spacial score (nSPS) is 15.8. The highest BCUT2D eigenvalue weighted by molar-refractivity contribution is 7.17. The van der Waals surface area contributed by atoms with Crippen molar-refractivity contribution in [3.63, 3.8) is 0 Å². The van der Waals surface area contributed by atoms with Crippen molar-refractivity contribution >= 4 is 28.8 Å². The average Bonchev–Trinajstić information content (AvgIpc) is 3.68. The first-order valence-electron chi connectivity index (χ1n) is 13.0. The second-order valence-corrected chi connectivity index (χ2v) is 11.1. The number of benzene rings is 2. The minimum Gasteiger partial charge on any atom is -0.397 e. The molecule has 0 bridgehead atoms. The van der Waals surface area contributed by atoms with Crippen molar-refractivity contribution in [2.45, 2.75) is 38.3 Å². The summed E-state index contributed by atoms with van der Waals surface area (Å²) in [6.07, 6.45) is 2.84. The van der Waals surface area contributed by atoms with E-state index < -0.39 is 11.6 Å². The van der Waals surface area contributed by atoms with E-state index in [0.29, 0.717) is 57.2 Å². The number of halogens is 3. The zero-order valence-corrected chi connectivity index (χ0v) is 22.2. The van der Waals surface area contributed by atoms with Crippen LogP contribution < -0.4 is 11.1 Å².